The molecular formula is C21H20N4O3S. The second-order valence-electron chi connectivity index (χ2n) is 7.40. The number of nitro groups is 1. The summed E-state index contributed by atoms with van der Waals surface area (Å²) in [6.07, 6.45) is 0.696. The molecule has 2 aromatic carbocycles. The topological polar surface area (TPSA) is 88.2 Å². The van der Waals surface area contributed by atoms with Gasteiger partial charge in [0.25, 0.3) is 11.6 Å². The SMILES string of the molecule is CC(C)C[C@@H]1N=C2c3ccccc3N=C(SCc3ccc([N+](=O)[O-])cc3)N2C1=O. The van der Waals surface area contributed by atoms with Crippen LogP contribution in [0.4, 0.5) is 11.4 Å². The van der Waals surface area contributed by atoms with Crippen LogP contribution in [-0.4, -0.2) is 32.8 Å². The van der Waals surface area contributed by atoms with Gasteiger partial charge in [0.2, 0.25) is 0 Å². The van der Waals surface area contributed by atoms with Gasteiger partial charge in [-0.2, -0.15) is 0 Å². The number of aliphatic imine (C=N–C) groups is 2. The molecule has 148 valence electrons. The van der Waals surface area contributed by atoms with Crippen LogP contribution >= 0.6 is 11.8 Å². The van der Waals surface area contributed by atoms with Crippen molar-refractivity contribution in [1.29, 1.82) is 0 Å². The van der Waals surface area contributed by atoms with Gasteiger partial charge in [-0.1, -0.05) is 49.9 Å². The summed E-state index contributed by atoms with van der Waals surface area (Å²) in [5.74, 6) is 1.53. The first kappa shape index (κ1) is 19.3. The number of amides is 1. The third kappa shape index (κ3) is 3.80. The highest BCUT2D eigenvalue weighted by molar-refractivity contribution is 8.13. The van der Waals surface area contributed by atoms with Gasteiger partial charge in [0.05, 0.1) is 10.6 Å². The van der Waals surface area contributed by atoms with Crippen LogP contribution in [0.2, 0.25) is 0 Å². The molecule has 0 saturated carbocycles. The number of amidine groups is 2. The second-order valence-corrected chi connectivity index (χ2v) is 8.34. The van der Waals surface area contributed by atoms with Gasteiger partial charge in [-0.3, -0.25) is 19.9 Å². The summed E-state index contributed by atoms with van der Waals surface area (Å²) in [4.78, 5) is 34.5. The van der Waals surface area contributed by atoms with Crippen LogP contribution in [0.3, 0.4) is 0 Å². The Hall–Kier alpha value is -3.00. The van der Waals surface area contributed by atoms with Crippen molar-refractivity contribution in [2.45, 2.75) is 32.1 Å². The molecule has 0 aromatic heterocycles. The summed E-state index contributed by atoms with van der Waals surface area (Å²) < 4.78 is 0. The predicted molar refractivity (Wildman–Crippen MR) is 115 cm³/mol. The van der Waals surface area contributed by atoms with Crippen molar-refractivity contribution in [1.82, 2.24) is 4.90 Å². The van der Waals surface area contributed by atoms with Gasteiger partial charge < -0.3 is 0 Å². The lowest BCUT2D eigenvalue weighted by molar-refractivity contribution is -0.384. The van der Waals surface area contributed by atoms with E-state index in [0.29, 0.717) is 29.1 Å². The van der Waals surface area contributed by atoms with Crippen molar-refractivity contribution < 1.29 is 9.72 Å². The van der Waals surface area contributed by atoms with Crippen molar-refractivity contribution in [3.05, 3.63) is 69.8 Å². The quantitative estimate of drug-likeness (QED) is 0.537. The Morgan fingerprint density at radius 1 is 1.17 bits per heavy atom. The van der Waals surface area contributed by atoms with E-state index in [2.05, 4.69) is 13.8 Å². The number of nitro benzene ring substituents is 1. The number of thioether (sulfide) groups is 1. The molecule has 0 spiro atoms. The smallest absolute Gasteiger partial charge is 0.269 e. The number of para-hydroxylation sites is 1. The van der Waals surface area contributed by atoms with Crippen molar-refractivity contribution in [3.8, 4) is 0 Å². The van der Waals surface area contributed by atoms with Crippen molar-refractivity contribution in [2.75, 3.05) is 0 Å². The van der Waals surface area contributed by atoms with Crippen LogP contribution < -0.4 is 0 Å². The average Bonchev–Trinajstić information content (AvgIpc) is 3.02. The minimum atomic E-state index is -0.417. The molecule has 2 aliphatic heterocycles. The van der Waals surface area contributed by atoms with E-state index in [-0.39, 0.29) is 17.6 Å². The van der Waals surface area contributed by atoms with E-state index < -0.39 is 4.92 Å². The van der Waals surface area contributed by atoms with Crippen LogP contribution in [0.25, 0.3) is 0 Å². The monoisotopic (exact) mass is 408 g/mol. The van der Waals surface area contributed by atoms with E-state index >= 15 is 0 Å². The third-order valence-corrected chi connectivity index (χ3v) is 5.77. The van der Waals surface area contributed by atoms with Gasteiger partial charge in [-0.25, -0.2) is 9.89 Å². The van der Waals surface area contributed by atoms with E-state index in [4.69, 9.17) is 9.98 Å². The summed E-state index contributed by atoms with van der Waals surface area (Å²) in [6, 6.07) is 13.7. The van der Waals surface area contributed by atoms with E-state index in [1.807, 2.05) is 24.3 Å². The molecule has 2 aliphatic rings. The lowest BCUT2D eigenvalue weighted by atomic mass is 10.0. The van der Waals surface area contributed by atoms with Gasteiger partial charge in [0.15, 0.2) is 5.17 Å². The third-order valence-electron chi connectivity index (χ3n) is 4.76. The van der Waals surface area contributed by atoms with Crippen molar-refractivity contribution >= 4 is 40.0 Å². The molecule has 0 radical (unpaired) electrons. The summed E-state index contributed by atoms with van der Waals surface area (Å²) in [5, 5.41) is 11.4. The number of fused-ring (bicyclic) bond motifs is 3. The van der Waals surface area contributed by atoms with E-state index in [1.165, 1.54) is 23.9 Å². The molecule has 2 aromatic rings. The fraction of sp³-hybridized carbons (Fsp3) is 0.286. The van der Waals surface area contributed by atoms with Crippen molar-refractivity contribution in [2.24, 2.45) is 15.9 Å². The molecule has 29 heavy (non-hydrogen) atoms. The van der Waals surface area contributed by atoms with Crippen LogP contribution in [0.15, 0.2) is 58.5 Å². The number of carbonyl (C=O) groups excluding carboxylic acids is 1. The zero-order valence-corrected chi connectivity index (χ0v) is 16.9. The molecule has 1 atom stereocenters. The summed E-state index contributed by atoms with van der Waals surface area (Å²) in [7, 11) is 0. The van der Waals surface area contributed by atoms with Crippen LogP contribution in [0.1, 0.15) is 31.4 Å². The first-order valence-corrected chi connectivity index (χ1v) is 10.4. The average molecular weight is 408 g/mol. The Balaban J connectivity index is 1.61. The predicted octanol–water partition coefficient (Wildman–Crippen LogP) is 4.53. The van der Waals surface area contributed by atoms with Crippen LogP contribution in [0, 0.1) is 16.0 Å². The zero-order valence-electron chi connectivity index (χ0n) is 16.1. The largest absolute Gasteiger partial charge is 0.271 e. The van der Waals surface area contributed by atoms with Crippen LogP contribution in [0.5, 0.6) is 0 Å². The first-order valence-electron chi connectivity index (χ1n) is 9.40. The second kappa shape index (κ2) is 7.79. The maximum atomic E-state index is 13.1. The van der Waals surface area contributed by atoms with E-state index in [1.54, 1.807) is 17.0 Å². The van der Waals surface area contributed by atoms with Gasteiger partial charge in [0, 0.05) is 23.4 Å². The molecule has 0 saturated heterocycles. The molecule has 1 amide bonds. The highest BCUT2D eigenvalue weighted by Crippen LogP contribution is 2.35. The summed E-state index contributed by atoms with van der Waals surface area (Å²) in [5.41, 5.74) is 2.65. The standard InChI is InChI=1S/C21H20N4O3S/c1-13(2)11-18-20(26)24-19(22-18)16-5-3-4-6-17(16)23-21(24)29-12-14-7-9-15(10-8-14)25(27)28/h3-10,13,18H,11-12H2,1-2H3/t18-/m0/s1. The molecule has 0 fully saturated rings. The molecule has 0 N–H and O–H groups in total. The number of nitrogens with zero attached hydrogens (tertiary/aromatic N) is 4. The van der Waals surface area contributed by atoms with Gasteiger partial charge in [-0.15, -0.1) is 0 Å². The normalized spacial score (nSPS) is 17.7. The molecule has 8 heteroatoms. The molecule has 0 bridgehead atoms. The molecule has 0 unspecified atom stereocenters. The highest BCUT2D eigenvalue weighted by atomic mass is 32.2. The maximum Gasteiger partial charge on any atom is 0.269 e. The minimum absolute atomic E-state index is 0.0434. The van der Waals surface area contributed by atoms with Gasteiger partial charge in [-0.05, 0) is 30.0 Å². The summed E-state index contributed by atoms with van der Waals surface area (Å²) >= 11 is 1.43. The Kier molecular flexibility index (Phi) is 5.19. The lowest BCUT2D eigenvalue weighted by Crippen LogP contribution is -2.41. The fourth-order valence-electron chi connectivity index (χ4n) is 3.36. The molecule has 0 aliphatic carbocycles. The number of rotatable bonds is 5. The number of non-ortho nitro benzene ring substituents is 1. The Bertz CT molecular complexity index is 1030. The Labute approximate surface area is 172 Å². The molecule has 2 heterocycles. The Morgan fingerprint density at radius 3 is 2.59 bits per heavy atom. The minimum Gasteiger partial charge on any atom is -0.271 e. The highest BCUT2D eigenvalue weighted by Gasteiger charge is 2.41. The summed E-state index contributed by atoms with van der Waals surface area (Å²) in [6.45, 7) is 4.16. The number of hydrogen-bond donors (Lipinski definition) is 0. The first-order chi connectivity index (χ1) is 13.9. The van der Waals surface area contributed by atoms with Gasteiger partial charge >= 0.3 is 0 Å². The van der Waals surface area contributed by atoms with E-state index in [0.717, 1.165) is 16.8 Å². The number of hydrogen-bond acceptors (Lipinski definition) is 6. The Morgan fingerprint density at radius 2 is 1.90 bits per heavy atom. The number of carbonyl (C=O) groups is 1. The molecular weight excluding hydrogens is 388 g/mol. The van der Waals surface area contributed by atoms with Gasteiger partial charge in [0.1, 0.15) is 11.9 Å². The molecule has 7 nitrogen and oxygen atoms in total. The fourth-order valence-corrected chi connectivity index (χ4v) is 4.32. The maximum absolute atomic E-state index is 13.1. The van der Waals surface area contributed by atoms with E-state index in [9.17, 15) is 14.9 Å². The zero-order chi connectivity index (χ0) is 20.5. The lowest BCUT2D eigenvalue weighted by Gasteiger charge is -2.25. The number of benzene rings is 2. The van der Waals surface area contributed by atoms with Crippen LogP contribution in [-0.2, 0) is 10.5 Å². The molecule has 4 rings (SSSR count). The van der Waals surface area contributed by atoms with Crippen molar-refractivity contribution in [3.63, 3.8) is 0 Å².